The van der Waals surface area contributed by atoms with Gasteiger partial charge in [-0.15, -0.1) is 0 Å². The van der Waals surface area contributed by atoms with Gasteiger partial charge in [0, 0.05) is 0 Å². The van der Waals surface area contributed by atoms with Gasteiger partial charge in [-0.2, -0.15) is 8.78 Å². The van der Waals surface area contributed by atoms with Crippen LogP contribution in [0.4, 0.5) is 8.78 Å². The fourth-order valence-corrected chi connectivity index (χ4v) is 0.536. The van der Waals surface area contributed by atoms with E-state index in [0.717, 1.165) is 0 Å². The van der Waals surface area contributed by atoms with Crippen LogP contribution in [0.1, 0.15) is 0 Å². The molecule has 0 nitrogen and oxygen atoms in total. The summed E-state index contributed by atoms with van der Waals surface area (Å²) in [6.45, 7) is 0. The molecule has 0 saturated carbocycles. The van der Waals surface area contributed by atoms with Crippen LogP contribution in [0.15, 0.2) is 0 Å². The van der Waals surface area contributed by atoms with E-state index in [9.17, 15) is 8.78 Å². The highest BCUT2D eigenvalue weighted by atomic mass is 35.5. The van der Waals surface area contributed by atoms with Gasteiger partial charge < -0.3 is 0 Å². The molecule has 0 aromatic carbocycles. The maximum absolute atomic E-state index is 12.1. The van der Waals surface area contributed by atoms with Crippen molar-refractivity contribution in [3.05, 3.63) is 4.84 Å². The van der Waals surface area contributed by atoms with E-state index in [4.69, 9.17) is 46.4 Å². The summed E-state index contributed by atoms with van der Waals surface area (Å²) in [5, 5.41) is -3.88. The van der Waals surface area contributed by atoms with Crippen LogP contribution >= 0.6 is 58.0 Å². The summed E-state index contributed by atoms with van der Waals surface area (Å²) < 4.78 is 21.4. The summed E-state index contributed by atoms with van der Waals surface area (Å²) >= 11 is 24.1. The predicted octanol–water partition coefficient (Wildman–Crippen LogP) is 3.96. The van der Waals surface area contributed by atoms with Crippen LogP contribution in [0.3, 0.4) is 0 Å². The zero-order chi connectivity index (χ0) is 8.58. The van der Waals surface area contributed by atoms with Crippen LogP contribution in [0, 0.1) is 4.84 Å². The predicted molar refractivity (Wildman–Crippen MR) is 40.2 cm³/mol. The van der Waals surface area contributed by atoms with Crippen molar-refractivity contribution in [1.29, 1.82) is 0 Å². The van der Waals surface area contributed by atoms with Crippen LogP contribution in [0.5, 0.6) is 0 Å². The summed E-state index contributed by atoms with van der Waals surface area (Å²) in [4.78, 5) is -0.893. The molecule has 0 spiro atoms. The highest BCUT2D eigenvalue weighted by molar-refractivity contribution is 6.67. The Balaban J connectivity index is 4.40. The van der Waals surface area contributed by atoms with Crippen LogP contribution in [-0.4, -0.2) is 9.72 Å². The van der Waals surface area contributed by atoms with Crippen molar-refractivity contribution in [3.8, 4) is 0 Å². The lowest BCUT2D eigenvalue weighted by atomic mass is 10.5. The summed E-state index contributed by atoms with van der Waals surface area (Å²) in [6.07, 6.45) is 0. The van der Waals surface area contributed by atoms with Crippen molar-refractivity contribution in [1.82, 2.24) is 0 Å². The molecule has 61 valence electrons. The molecule has 1 radical (unpaired) electrons. The first-order valence-electron chi connectivity index (χ1n) is 1.82. The first-order valence-corrected chi connectivity index (χ1v) is 3.71. The lowest BCUT2D eigenvalue weighted by Gasteiger charge is -2.23. The van der Waals surface area contributed by atoms with Crippen LogP contribution in [0.25, 0.3) is 0 Å². The van der Waals surface area contributed by atoms with Crippen molar-refractivity contribution in [2.45, 2.75) is 9.72 Å². The number of hydrogen-bond acceptors (Lipinski definition) is 0. The Morgan fingerprint density at radius 2 is 1.30 bits per heavy atom. The molecule has 0 atom stereocenters. The molecule has 0 amide bonds. The normalized spacial score (nSPS) is 14.4. The van der Waals surface area contributed by atoms with Crippen LogP contribution < -0.4 is 0 Å². The van der Waals surface area contributed by atoms with E-state index in [0.29, 0.717) is 0 Å². The molecule has 0 aliphatic rings. The van der Waals surface area contributed by atoms with Crippen molar-refractivity contribution >= 4 is 58.0 Å². The molecule has 0 unspecified atom stereocenters. The number of alkyl halides is 5. The Hall–Kier alpha value is 1.31. The third kappa shape index (κ3) is 2.42. The molecule has 0 saturated heterocycles. The fourth-order valence-electron chi connectivity index (χ4n) is 0.107. The maximum Gasteiger partial charge on any atom is 0.357 e. The SMILES string of the molecule is FC(F)(Cl)C(Cl)(Cl)[C](Cl)Cl. The van der Waals surface area contributed by atoms with Crippen LogP contribution in [0.2, 0.25) is 0 Å². The molecule has 10 heavy (non-hydrogen) atoms. The van der Waals surface area contributed by atoms with Gasteiger partial charge in [-0.05, 0) is 11.6 Å². The monoisotopic (exact) mass is 249 g/mol. The topological polar surface area (TPSA) is 0 Å². The Morgan fingerprint density at radius 3 is 1.30 bits per heavy atom. The van der Waals surface area contributed by atoms with Gasteiger partial charge in [0.25, 0.3) is 0 Å². The largest absolute Gasteiger partial charge is 0.357 e. The van der Waals surface area contributed by atoms with E-state index in [1.165, 1.54) is 0 Å². The minimum Gasteiger partial charge on any atom is -0.185 e. The van der Waals surface area contributed by atoms with Crippen molar-refractivity contribution in [2.75, 3.05) is 0 Å². The van der Waals surface area contributed by atoms with Gasteiger partial charge in [0.05, 0.1) is 0 Å². The molecule has 0 aromatic rings. The number of rotatable bonds is 2. The minimum absolute atomic E-state index is 0.893. The van der Waals surface area contributed by atoms with Gasteiger partial charge in [0.15, 0.2) is 4.84 Å². The average Bonchev–Trinajstić information content (AvgIpc) is 1.62. The summed E-state index contributed by atoms with van der Waals surface area (Å²) in [7, 11) is 0. The summed E-state index contributed by atoms with van der Waals surface area (Å²) in [5.74, 6) is 0. The number of hydrogen-bond donors (Lipinski definition) is 0. The molecule has 0 fully saturated rings. The fraction of sp³-hybridized carbons (Fsp3) is 0.667. The molecular weight excluding hydrogens is 251 g/mol. The van der Waals surface area contributed by atoms with Gasteiger partial charge in [0.1, 0.15) is 0 Å². The molecule has 0 bridgehead atoms. The van der Waals surface area contributed by atoms with E-state index < -0.39 is 14.6 Å². The molecular formula is C3Cl5F2. The molecule has 0 aliphatic carbocycles. The van der Waals surface area contributed by atoms with Gasteiger partial charge in [-0.3, -0.25) is 0 Å². The smallest absolute Gasteiger partial charge is 0.185 e. The van der Waals surface area contributed by atoms with Crippen molar-refractivity contribution < 1.29 is 8.78 Å². The van der Waals surface area contributed by atoms with E-state index in [1.807, 2.05) is 0 Å². The number of halogens is 7. The van der Waals surface area contributed by atoms with Crippen molar-refractivity contribution in [3.63, 3.8) is 0 Å². The summed E-state index contributed by atoms with van der Waals surface area (Å²) in [6, 6.07) is 0. The Kier molecular flexibility index (Phi) is 3.80. The van der Waals surface area contributed by atoms with E-state index in [1.54, 1.807) is 0 Å². The van der Waals surface area contributed by atoms with Crippen molar-refractivity contribution in [2.24, 2.45) is 0 Å². The Morgan fingerprint density at radius 1 is 1.00 bits per heavy atom. The lowest BCUT2D eigenvalue weighted by Crippen LogP contribution is -2.35. The van der Waals surface area contributed by atoms with Gasteiger partial charge >= 0.3 is 5.38 Å². The second-order valence-electron chi connectivity index (χ2n) is 1.33. The highest BCUT2D eigenvalue weighted by Gasteiger charge is 2.55. The van der Waals surface area contributed by atoms with E-state index in [2.05, 4.69) is 11.6 Å². The highest BCUT2D eigenvalue weighted by Crippen LogP contribution is 2.51. The quantitative estimate of drug-likeness (QED) is 0.652. The first kappa shape index (κ1) is 11.3. The summed E-state index contributed by atoms with van der Waals surface area (Å²) in [5.41, 5.74) is 0. The zero-order valence-electron chi connectivity index (χ0n) is 4.15. The molecule has 0 N–H and O–H groups in total. The van der Waals surface area contributed by atoms with Gasteiger partial charge in [-0.1, -0.05) is 46.4 Å². The van der Waals surface area contributed by atoms with E-state index in [-0.39, 0.29) is 0 Å². The zero-order valence-corrected chi connectivity index (χ0v) is 7.93. The molecule has 0 heterocycles. The minimum atomic E-state index is -3.88. The molecule has 7 heteroatoms. The Labute approximate surface area is 81.3 Å². The third-order valence-electron chi connectivity index (χ3n) is 0.593. The van der Waals surface area contributed by atoms with Gasteiger partial charge in [0.2, 0.25) is 4.33 Å². The molecule has 0 rings (SSSR count). The standard InChI is InChI=1S/C3Cl5F2/c4-1(5)2(6,7)3(8,9)10. The Bertz CT molecular complexity index is 117. The first-order chi connectivity index (χ1) is 4.19. The third-order valence-corrected chi connectivity index (χ3v) is 2.88. The maximum atomic E-state index is 12.1. The lowest BCUT2D eigenvalue weighted by molar-refractivity contribution is 0.0872. The average molecular weight is 251 g/mol. The second-order valence-corrected chi connectivity index (χ2v) is 4.08. The molecule has 0 aromatic heterocycles. The second kappa shape index (κ2) is 3.36. The van der Waals surface area contributed by atoms with E-state index >= 15 is 0 Å². The molecule has 0 aliphatic heterocycles. The van der Waals surface area contributed by atoms with Gasteiger partial charge in [-0.25, -0.2) is 0 Å². The van der Waals surface area contributed by atoms with Crippen LogP contribution in [-0.2, 0) is 0 Å².